The second-order valence-electron chi connectivity index (χ2n) is 12.2. The minimum absolute atomic E-state index is 0.0218. The van der Waals surface area contributed by atoms with Crippen LogP contribution in [0.25, 0.3) is 10.8 Å². The van der Waals surface area contributed by atoms with Crippen molar-refractivity contribution in [2.75, 3.05) is 14.1 Å². The molecule has 0 unspecified atom stereocenters. The van der Waals surface area contributed by atoms with Gasteiger partial charge in [0.1, 0.15) is 6.04 Å². The van der Waals surface area contributed by atoms with Crippen LogP contribution < -0.4 is 10.6 Å². The van der Waals surface area contributed by atoms with E-state index in [1.807, 2.05) is 66.7 Å². The third-order valence-corrected chi connectivity index (χ3v) is 7.40. The molecule has 0 heterocycles. The summed E-state index contributed by atoms with van der Waals surface area (Å²) in [6.45, 7) is 15.2. The van der Waals surface area contributed by atoms with Crippen molar-refractivity contribution in [3.8, 4) is 0 Å². The van der Waals surface area contributed by atoms with E-state index in [1.165, 1.54) is 6.92 Å². The number of hydrogen-bond donors (Lipinski definition) is 3. The molecule has 2 amide bonds. The van der Waals surface area contributed by atoms with Gasteiger partial charge in [-0.3, -0.25) is 9.59 Å². The number of fused-ring (bicyclic) bond motifs is 1. The Balaban J connectivity index is 2.39. The van der Waals surface area contributed by atoms with Gasteiger partial charge in [0.15, 0.2) is 0 Å². The van der Waals surface area contributed by atoms with Crippen LogP contribution in [0, 0.1) is 11.3 Å². The summed E-state index contributed by atoms with van der Waals surface area (Å²) in [6.07, 6.45) is 1.60. The molecule has 0 spiro atoms. The van der Waals surface area contributed by atoms with E-state index in [4.69, 9.17) is 0 Å². The molecule has 3 atom stereocenters. The van der Waals surface area contributed by atoms with Crippen molar-refractivity contribution in [3.63, 3.8) is 0 Å². The number of carboxylic acids is 1. The van der Waals surface area contributed by atoms with E-state index in [0.717, 1.165) is 16.3 Å². The molecule has 0 aliphatic carbocycles. The number of likely N-dealkylation sites (N-methyl/N-ethyl adjacent to an activating group) is 2. The second-order valence-corrected chi connectivity index (χ2v) is 12.2. The molecular weight excluding hydrogens is 478 g/mol. The molecule has 0 bridgehead atoms. The highest BCUT2D eigenvalue weighted by Gasteiger charge is 2.41. The number of nitrogens with one attached hydrogen (secondary N) is 2. The number of aliphatic carboxylic acids is 1. The largest absolute Gasteiger partial charge is 0.478 e. The smallest absolute Gasteiger partial charge is 0.331 e. The summed E-state index contributed by atoms with van der Waals surface area (Å²) in [4.78, 5) is 40.6. The predicted molar refractivity (Wildman–Crippen MR) is 154 cm³/mol. The first-order chi connectivity index (χ1) is 17.5. The molecule has 0 fully saturated rings. The summed E-state index contributed by atoms with van der Waals surface area (Å²) in [5.74, 6) is -1.58. The van der Waals surface area contributed by atoms with Crippen molar-refractivity contribution in [2.45, 2.75) is 78.9 Å². The molecule has 38 heavy (non-hydrogen) atoms. The Hall–Kier alpha value is -3.19. The van der Waals surface area contributed by atoms with E-state index < -0.39 is 34.9 Å². The van der Waals surface area contributed by atoms with Crippen LogP contribution in [0.4, 0.5) is 0 Å². The van der Waals surface area contributed by atoms with Crippen molar-refractivity contribution in [1.82, 2.24) is 15.5 Å². The number of amides is 2. The topological polar surface area (TPSA) is 98.7 Å². The van der Waals surface area contributed by atoms with Crippen molar-refractivity contribution in [3.05, 3.63) is 59.7 Å². The number of carbonyl (C=O) groups excluding carboxylic acids is 2. The van der Waals surface area contributed by atoms with E-state index in [2.05, 4.69) is 34.9 Å². The van der Waals surface area contributed by atoms with Crippen molar-refractivity contribution >= 4 is 28.6 Å². The van der Waals surface area contributed by atoms with Crippen molar-refractivity contribution in [1.29, 1.82) is 0 Å². The Bertz CT molecular complexity index is 1190. The van der Waals surface area contributed by atoms with Gasteiger partial charge >= 0.3 is 5.97 Å². The van der Waals surface area contributed by atoms with Crippen LogP contribution in [-0.2, 0) is 19.8 Å². The maximum Gasteiger partial charge on any atom is 0.331 e. The SMILES string of the molecule is CN[C@H](C(=O)N[C@H](C(=O)N(C)[C@H](/C=C(\C)C(=O)O)C(C)C)C(C)(C)C)C(C)(C)c1ccc2ccccc2c1. The quantitative estimate of drug-likeness (QED) is 0.391. The molecule has 0 saturated heterocycles. The third-order valence-electron chi connectivity index (χ3n) is 7.40. The summed E-state index contributed by atoms with van der Waals surface area (Å²) in [5.41, 5.74) is 0.0179. The van der Waals surface area contributed by atoms with Gasteiger partial charge < -0.3 is 20.6 Å². The molecule has 208 valence electrons. The monoisotopic (exact) mass is 523 g/mol. The Kier molecular flexibility index (Phi) is 9.89. The fraction of sp³-hybridized carbons (Fsp3) is 0.516. The summed E-state index contributed by atoms with van der Waals surface area (Å²) in [6, 6.07) is 12.5. The lowest BCUT2D eigenvalue weighted by atomic mass is 9.76. The zero-order valence-electron chi connectivity index (χ0n) is 24.5. The lowest BCUT2D eigenvalue weighted by Gasteiger charge is -2.40. The molecule has 2 aromatic carbocycles. The van der Waals surface area contributed by atoms with Gasteiger partial charge in [-0.2, -0.15) is 0 Å². The van der Waals surface area contributed by atoms with Gasteiger partial charge in [0.05, 0.1) is 12.1 Å². The average Bonchev–Trinajstić information content (AvgIpc) is 2.83. The maximum absolute atomic E-state index is 13.8. The standard InChI is InChI=1S/C31H45N3O4/c1-19(2)24(17-20(3)29(37)38)34(10)28(36)26(30(4,5)6)33-27(35)25(32-9)31(7,8)23-16-15-21-13-11-12-14-22(21)18-23/h11-19,24-26,32H,1-10H3,(H,33,35)(H,37,38)/b20-17+/t24-,25-,26-/m1/s1. The molecule has 0 saturated carbocycles. The molecule has 0 aliphatic heterocycles. The van der Waals surface area contributed by atoms with E-state index in [-0.39, 0.29) is 23.3 Å². The summed E-state index contributed by atoms with van der Waals surface area (Å²) in [5, 5.41) is 17.8. The molecule has 3 N–H and O–H groups in total. The number of nitrogens with zero attached hydrogens (tertiary/aromatic N) is 1. The van der Waals surface area contributed by atoms with Crippen LogP contribution >= 0.6 is 0 Å². The zero-order chi connectivity index (χ0) is 29.0. The number of rotatable bonds is 10. The van der Waals surface area contributed by atoms with Gasteiger partial charge in [-0.05, 0) is 41.6 Å². The van der Waals surface area contributed by atoms with Crippen LogP contribution in [0.5, 0.6) is 0 Å². The average molecular weight is 524 g/mol. The first-order valence-corrected chi connectivity index (χ1v) is 13.2. The van der Waals surface area contributed by atoms with Crippen molar-refractivity contribution < 1.29 is 19.5 Å². The van der Waals surface area contributed by atoms with E-state index in [0.29, 0.717) is 0 Å². The zero-order valence-corrected chi connectivity index (χ0v) is 24.5. The molecular formula is C31H45N3O4. The van der Waals surface area contributed by atoms with Gasteiger partial charge in [0.25, 0.3) is 0 Å². The highest BCUT2D eigenvalue weighted by Crippen LogP contribution is 2.31. The molecule has 0 aliphatic rings. The first kappa shape index (κ1) is 31.0. The minimum atomic E-state index is -1.02. The summed E-state index contributed by atoms with van der Waals surface area (Å²) in [7, 11) is 3.42. The van der Waals surface area contributed by atoms with Crippen molar-refractivity contribution in [2.24, 2.45) is 11.3 Å². The van der Waals surface area contributed by atoms with Gasteiger partial charge in [-0.15, -0.1) is 0 Å². The van der Waals surface area contributed by atoms with Crippen LogP contribution in [0.3, 0.4) is 0 Å². The van der Waals surface area contributed by atoms with Gasteiger partial charge in [-0.1, -0.05) is 97.0 Å². The number of carbonyl (C=O) groups is 3. The second kappa shape index (κ2) is 12.1. The molecule has 0 radical (unpaired) electrons. The van der Waals surface area contributed by atoms with Gasteiger partial charge in [0.2, 0.25) is 11.8 Å². The Morgan fingerprint density at radius 2 is 1.53 bits per heavy atom. The Morgan fingerprint density at radius 3 is 2.03 bits per heavy atom. The third kappa shape index (κ3) is 7.01. The molecule has 0 aromatic heterocycles. The van der Waals surface area contributed by atoms with Crippen LogP contribution in [0.1, 0.15) is 61.0 Å². The molecule has 7 heteroatoms. The minimum Gasteiger partial charge on any atom is -0.478 e. The highest BCUT2D eigenvalue weighted by atomic mass is 16.4. The lowest BCUT2D eigenvalue weighted by Crippen LogP contribution is -2.61. The fourth-order valence-electron chi connectivity index (χ4n) is 4.88. The first-order valence-electron chi connectivity index (χ1n) is 13.2. The lowest BCUT2D eigenvalue weighted by molar-refractivity contribution is -0.141. The number of carboxylic acid groups (broad SMARTS) is 1. The van der Waals surface area contributed by atoms with E-state index in [1.54, 1.807) is 25.1 Å². The Morgan fingerprint density at radius 1 is 0.947 bits per heavy atom. The summed E-state index contributed by atoms with van der Waals surface area (Å²) >= 11 is 0. The highest BCUT2D eigenvalue weighted by molar-refractivity contribution is 5.92. The summed E-state index contributed by atoms with van der Waals surface area (Å²) < 4.78 is 0. The number of hydrogen-bond acceptors (Lipinski definition) is 4. The van der Waals surface area contributed by atoms with Gasteiger partial charge in [0, 0.05) is 18.0 Å². The fourth-order valence-corrected chi connectivity index (χ4v) is 4.88. The molecule has 2 rings (SSSR count). The Labute approximate surface area is 227 Å². The van der Waals surface area contributed by atoms with E-state index in [9.17, 15) is 19.5 Å². The predicted octanol–water partition coefficient (Wildman–Crippen LogP) is 4.75. The normalized spacial score (nSPS) is 15.2. The molecule has 2 aromatic rings. The van der Waals surface area contributed by atoms with Crippen LogP contribution in [0.15, 0.2) is 54.1 Å². The van der Waals surface area contributed by atoms with Crippen LogP contribution in [-0.4, -0.2) is 60.0 Å². The van der Waals surface area contributed by atoms with Gasteiger partial charge in [-0.25, -0.2) is 4.79 Å². The maximum atomic E-state index is 13.8. The van der Waals surface area contributed by atoms with E-state index >= 15 is 0 Å². The number of benzene rings is 2. The molecule has 7 nitrogen and oxygen atoms in total. The van der Waals surface area contributed by atoms with Crippen LogP contribution in [0.2, 0.25) is 0 Å².